The lowest BCUT2D eigenvalue weighted by Gasteiger charge is -2.16. The third-order valence-corrected chi connectivity index (χ3v) is 4.15. The average Bonchev–Trinajstić information content (AvgIpc) is 2.54. The van der Waals surface area contributed by atoms with E-state index in [4.69, 9.17) is 0 Å². The van der Waals surface area contributed by atoms with Crippen molar-refractivity contribution in [1.29, 1.82) is 0 Å². The topological polar surface area (TPSA) is 54.5 Å². The fourth-order valence-electron chi connectivity index (χ4n) is 1.94. The average molecular weight is 327 g/mol. The molecule has 0 heterocycles. The number of hydrogen-bond acceptors (Lipinski definition) is 3. The number of nitrogens with zero attached hydrogens (tertiary/aromatic N) is 1. The third-order valence-electron chi connectivity index (χ3n) is 3.15. The van der Waals surface area contributed by atoms with E-state index in [0.29, 0.717) is 5.56 Å². The minimum absolute atomic E-state index is 0.290. The van der Waals surface area contributed by atoms with Crippen LogP contribution in [-0.2, 0) is 10.0 Å². The molecule has 0 spiro atoms. The van der Waals surface area contributed by atoms with E-state index in [0.717, 1.165) is 21.7 Å². The molecule has 0 saturated carbocycles. The molecule has 2 rings (SSSR count). The summed E-state index contributed by atoms with van der Waals surface area (Å²) in [6, 6.07) is 15.7. The van der Waals surface area contributed by atoms with Crippen LogP contribution in [0.2, 0.25) is 0 Å². The minimum atomic E-state index is -3.72. The highest BCUT2D eigenvalue weighted by Crippen LogP contribution is 2.13. The van der Waals surface area contributed by atoms with Crippen molar-refractivity contribution in [3.8, 4) is 0 Å². The second kappa shape index (κ2) is 7.07. The zero-order valence-corrected chi connectivity index (χ0v) is 13.5. The van der Waals surface area contributed by atoms with Crippen molar-refractivity contribution < 1.29 is 13.2 Å². The maximum Gasteiger partial charge on any atom is 0.271 e. The molecule has 0 aliphatic heterocycles. The van der Waals surface area contributed by atoms with Gasteiger partial charge in [0.05, 0.1) is 6.26 Å². The molecule has 23 heavy (non-hydrogen) atoms. The molecule has 0 atom stereocenters. The second-order valence-electron chi connectivity index (χ2n) is 4.92. The summed E-state index contributed by atoms with van der Waals surface area (Å²) in [4.78, 5) is 12.5. The third kappa shape index (κ3) is 4.40. The van der Waals surface area contributed by atoms with Gasteiger partial charge in [-0.3, -0.25) is 4.79 Å². The monoisotopic (exact) mass is 327 g/mol. The Morgan fingerprint density at radius 2 is 1.61 bits per heavy atom. The first-order chi connectivity index (χ1) is 10.9. The van der Waals surface area contributed by atoms with Gasteiger partial charge < -0.3 is 0 Å². The summed E-state index contributed by atoms with van der Waals surface area (Å²) >= 11 is 0. The molecule has 2 aromatic carbocycles. The fourth-order valence-corrected chi connectivity index (χ4v) is 2.62. The number of carbonyl (C=O) groups excluding carboxylic acids is 1. The van der Waals surface area contributed by atoms with Gasteiger partial charge in [-0.15, -0.1) is 0 Å². The van der Waals surface area contributed by atoms with E-state index in [9.17, 15) is 13.2 Å². The number of benzene rings is 2. The summed E-state index contributed by atoms with van der Waals surface area (Å²) in [5.41, 5.74) is 1.95. The molecular formula is C18H17NO3S. The Hall–Kier alpha value is -2.66. The molecule has 0 fully saturated rings. The van der Waals surface area contributed by atoms with Crippen LogP contribution in [0.3, 0.4) is 0 Å². The maximum absolute atomic E-state index is 12.5. The van der Waals surface area contributed by atoms with Crippen molar-refractivity contribution in [2.24, 2.45) is 0 Å². The van der Waals surface area contributed by atoms with Crippen LogP contribution in [0, 0.1) is 0 Å². The lowest BCUT2D eigenvalue weighted by Crippen LogP contribution is -2.31. The number of amides is 1. The number of hydrogen-bond donors (Lipinski definition) is 0. The lowest BCUT2D eigenvalue weighted by atomic mass is 10.1. The SMILES string of the molecule is C=Cc1ccc(C(=O)N(C=Cc2ccccc2)S(C)(=O)=O)cc1. The summed E-state index contributed by atoms with van der Waals surface area (Å²) in [7, 11) is -3.72. The van der Waals surface area contributed by atoms with Crippen LogP contribution in [0.4, 0.5) is 0 Å². The predicted octanol–water partition coefficient (Wildman–Crippen LogP) is 3.40. The van der Waals surface area contributed by atoms with Crippen molar-refractivity contribution in [2.45, 2.75) is 0 Å². The Kier molecular flexibility index (Phi) is 5.13. The molecule has 0 unspecified atom stereocenters. The van der Waals surface area contributed by atoms with Gasteiger partial charge in [-0.05, 0) is 29.3 Å². The molecule has 0 aliphatic carbocycles. The van der Waals surface area contributed by atoms with Gasteiger partial charge >= 0.3 is 0 Å². The van der Waals surface area contributed by atoms with E-state index in [1.54, 1.807) is 36.4 Å². The highest BCUT2D eigenvalue weighted by Gasteiger charge is 2.22. The normalized spacial score (nSPS) is 11.3. The summed E-state index contributed by atoms with van der Waals surface area (Å²) in [6.45, 7) is 3.64. The van der Waals surface area contributed by atoms with Crippen LogP contribution in [0.1, 0.15) is 21.5 Å². The first kappa shape index (κ1) is 16.7. The quantitative estimate of drug-likeness (QED) is 0.846. The van der Waals surface area contributed by atoms with E-state index >= 15 is 0 Å². The van der Waals surface area contributed by atoms with Crippen molar-refractivity contribution >= 4 is 28.1 Å². The summed E-state index contributed by atoms with van der Waals surface area (Å²) in [6.07, 6.45) is 5.50. The largest absolute Gasteiger partial charge is 0.271 e. The van der Waals surface area contributed by atoms with Crippen LogP contribution in [0.25, 0.3) is 12.2 Å². The number of carbonyl (C=O) groups is 1. The number of sulfonamides is 1. The fraction of sp³-hybridized carbons (Fsp3) is 0.0556. The van der Waals surface area contributed by atoms with Crippen molar-refractivity contribution in [2.75, 3.05) is 6.26 Å². The molecular weight excluding hydrogens is 310 g/mol. The van der Waals surface area contributed by atoms with Crippen molar-refractivity contribution in [3.05, 3.63) is 84.1 Å². The standard InChI is InChI=1S/C18H17NO3S/c1-3-15-9-11-17(12-10-15)18(20)19(23(2,21)22)14-13-16-7-5-4-6-8-16/h3-14H,1H2,2H3. The van der Waals surface area contributed by atoms with Gasteiger partial charge in [0.15, 0.2) is 0 Å². The van der Waals surface area contributed by atoms with Gasteiger partial charge in [0, 0.05) is 11.8 Å². The highest BCUT2D eigenvalue weighted by atomic mass is 32.2. The highest BCUT2D eigenvalue weighted by molar-refractivity contribution is 7.89. The minimum Gasteiger partial charge on any atom is -0.268 e. The first-order valence-corrected chi connectivity index (χ1v) is 8.76. The molecule has 0 aromatic heterocycles. The maximum atomic E-state index is 12.5. The molecule has 1 amide bonds. The first-order valence-electron chi connectivity index (χ1n) is 6.91. The Morgan fingerprint density at radius 3 is 2.13 bits per heavy atom. The summed E-state index contributed by atoms with van der Waals surface area (Å²) in [5, 5.41) is 0. The molecule has 118 valence electrons. The van der Waals surface area contributed by atoms with Gasteiger partial charge in [-0.25, -0.2) is 12.7 Å². The van der Waals surface area contributed by atoms with Crippen LogP contribution in [0.15, 0.2) is 67.4 Å². The van der Waals surface area contributed by atoms with Crippen LogP contribution >= 0.6 is 0 Å². The second-order valence-corrected chi connectivity index (χ2v) is 6.78. The van der Waals surface area contributed by atoms with Gasteiger partial charge in [0.1, 0.15) is 0 Å². The molecule has 0 bridgehead atoms. The van der Waals surface area contributed by atoms with Gasteiger partial charge in [0.25, 0.3) is 5.91 Å². The van der Waals surface area contributed by atoms with E-state index in [-0.39, 0.29) is 0 Å². The molecule has 4 nitrogen and oxygen atoms in total. The van der Waals surface area contributed by atoms with E-state index in [2.05, 4.69) is 6.58 Å². The lowest BCUT2D eigenvalue weighted by molar-refractivity contribution is 0.0899. The Balaban J connectivity index is 2.33. The smallest absolute Gasteiger partial charge is 0.268 e. The zero-order chi connectivity index (χ0) is 16.9. The molecule has 5 heteroatoms. The summed E-state index contributed by atoms with van der Waals surface area (Å²) < 4.78 is 24.6. The van der Waals surface area contributed by atoms with E-state index in [1.807, 2.05) is 30.3 Å². The predicted molar refractivity (Wildman–Crippen MR) is 93.0 cm³/mol. The van der Waals surface area contributed by atoms with E-state index in [1.165, 1.54) is 6.20 Å². The van der Waals surface area contributed by atoms with Crippen LogP contribution in [-0.4, -0.2) is 24.9 Å². The van der Waals surface area contributed by atoms with Crippen molar-refractivity contribution in [3.63, 3.8) is 0 Å². The Bertz CT molecular complexity index is 822. The van der Waals surface area contributed by atoms with Crippen LogP contribution in [0.5, 0.6) is 0 Å². The van der Waals surface area contributed by atoms with Crippen LogP contribution < -0.4 is 0 Å². The van der Waals surface area contributed by atoms with Gasteiger partial charge in [0.2, 0.25) is 10.0 Å². The van der Waals surface area contributed by atoms with E-state index < -0.39 is 15.9 Å². The molecule has 2 aromatic rings. The zero-order valence-electron chi connectivity index (χ0n) is 12.7. The molecule has 0 radical (unpaired) electrons. The Morgan fingerprint density at radius 1 is 1.00 bits per heavy atom. The van der Waals surface area contributed by atoms with Gasteiger partial charge in [-0.2, -0.15) is 0 Å². The Labute approximate surface area is 136 Å². The number of rotatable bonds is 5. The molecule has 0 aliphatic rings. The summed E-state index contributed by atoms with van der Waals surface area (Å²) in [5.74, 6) is -0.602. The van der Waals surface area contributed by atoms with Crippen molar-refractivity contribution in [1.82, 2.24) is 4.31 Å². The molecule has 0 N–H and O–H groups in total. The molecule has 0 saturated heterocycles. The van der Waals surface area contributed by atoms with Gasteiger partial charge in [-0.1, -0.05) is 55.1 Å².